The Morgan fingerprint density at radius 1 is 0.950 bits per heavy atom. The molecule has 20 heavy (non-hydrogen) atoms. The second-order valence-electron chi connectivity index (χ2n) is 4.48. The summed E-state index contributed by atoms with van der Waals surface area (Å²) < 4.78 is 0. The van der Waals surface area contributed by atoms with Crippen molar-refractivity contribution in [2.75, 3.05) is 0 Å². The molecule has 0 saturated heterocycles. The van der Waals surface area contributed by atoms with Crippen LogP contribution in [-0.4, -0.2) is 10.1 Å². The van der Waals surface area contributed by atoms with Crippen molar-refractivity contribution in [3.05, 3.63) is 76.0 Å². The van der Waals surface area contributed by atoms with E-state index in [2.05, 4.69) is 4.98 Å². The molecule has 2 nitrogen and oxygen atoms in total. The van der Waals surface area contributed by atoms with Crippen LogP contribution in [0.4, 0.5) is 0 Å². The van der Waals surface area contributed by atoms with Crippen molar-refractivity contribution >= 4 is 34.0 Å². The van der Waals surface area contributed by atoms with Crippen molar-refractivity contribution < 1.29 is 5.11 Å². The van der Waals surface area contributed by atoms with E-state index in [0.717, 1.165) is 16.3 Å². The average molecular weight is 304 g/mol. The van der Waals surface area contributed by atoms with Gasteiger partial charge in [0.2, 0.25) is 0 Å². The first-order valence-corrected chi connectivity index (χ1v) is 6.88. The molecule has 0 fully saturated rings. The molecule has 1 atom stereocenters. The van der Waals surface area contributed by atoms with Gasteiger partial charge in [0, 0.05) is 33.4 Å². The minimum atomic E-state index is -0.873. The average Bonchev–Trinajstić information content (AvgIpc) is 2.46. The third kappa shape index (κ3) is 2.27. The monoisotopic (exact) mass is 303 g/mol. The zero-order valence-electron chi connectivity index (χ0n) is 10.4. The Morgan fingerprint density at radius 2 is 1.65 bits per heavy atom. The highest BCUT2D eigenvalue weighted by molar-refractivity contribution is 6.36. The van der Waals surface area contributed by atoms with Gasteiger partial charge in [0.25, 0.3) is 0 Å². The molecule has 1 aromatic heterocycles. The van der Waals surface area contributed by atoms with Gasteiger partial charge >= 0.3 is 0 Å². The van der Waals surface area contributed by atoms with Gasteiger partial charge in [0.15, 0.2) is 0 Å². The van der Waals surface area contributed by atoms with E-state index in [0.29, 0.717) is 15.6 Å². The number of rotatable bonds is 2. The van der Waals surface area contributed by atoms with Crippen LogP contribution in [0.25, 0.3) is 10.8 Å². The quantitative estimate of drug-likeness (QED) is 0.749. The molecule has 0 aliphatic heterocycles. The van der Waals surface area contributed by atoms with Crippen molar-refractivity contribution in [2.45, 2.75) is 6.10 Å². The number of halogens is 2. The fourth-order valence-electron chi connectivity index (χ4n) is 2.31. The molecule has 0 amide bonds. The van der Waals surface area contributed by atoms with E-state index in [1.54, 1.807) is 30.6 Å². The van der Waals surface area contributed by atoms with E-state index < -0.39 is 6.10 Å². The lowest BCUT2D eigenvalue weighted by Gasteiger charge is -2.16. The van der Waals surface area contributed by atoms with E-state index in [-0.39, 0.29) is 0 Å². The summed E-state index contributed by atoms with van der Waals surface area (Å²) in [6, 6.07) is 12.8. The van der Waals surface area contributed by atoms with Crippen molar-refractivity contribution in [3.63, 3.8) is 0 Å². The topological polar surface area (TPSA) is 33.1 Å². The van der Waals surface area contributed by atoms with Gasteiger partial charge in [-0.15, -0.1) is 0 Å². The molecular formula is C16H11Cl2NO. The Kier molecular flexibility index (Phi) is 3.62. The number of aromatic nitrogens is 1. The molecule has 0 bridgehead atoms. The van der Waals surface area contributed by atoms with Crippen LogP contribution >= 0.6 is 23.2 Å². The molecule has 2 aromatic carbocycles. The standard InChI is InChI=1S/C16H11Cl2NO/c17-13-5-2-6-14(18)15(13)16(20)12-4-1-3-10-9-19-8-7-11(10)12/h1-9,16,20H. The van der Waals surface area contributed by atoms with Crippen molar-refractivity contribution in [1.29, 1.82) is 0 Å². The van der Waals surface area contributed by atoms with Crippen LogP contribution < -0.4 is 0 Å². The van der Waals surface area contributed by atoms with Gasteiger partial charge in [-0.1, -0.05) is 47.5 Å². The van der Waals surface area contributed by atoms with E-state index in [1.165, 1.54) is 0 Å². The summed E-state index contributed by atoms with van der Waals surface area (Å²) in [5, 5.41) is 13.5. The van der Waals surface area contributed by atoms with Gasteiger partial charge in [0.05, 0.1) is 0 Å². The minimum absolute atomic E-state index is 0.455. The Morgan fingerprint density at radius 3 is 2.40 bits per heavy atom. The number of hydrogen-bond acceptors (Lipinski definition) is 2. The Hall–Kier alpha value is -1.61. The molecule has 100 valence electrons. The van der Waals surface area contributed by atoms with Crippen molar-refractivity contribution in [2.24, 2.45) is 0 Å². The third-order valence-electron chi connectivity index (χ3n) is 3.28. The number of aliphatic hydroxyl groups excluding tert-OH is 1. The molecule has 0 spiro atoms. The fraction of sp³-hybridized carbons (Fsp3) is 0.0625. The van der Waals surface area contributed by atoms with Crippen LogP contribution in [0.5, 0.6) is 0 Å². The first-order valence-electron chi connectivity index (χ1n) is 6.13. The van der Waals surface area contributed by atoms with Gasteiger partial charge in [-0.3, -0.25) is 4.98 Å². The fourth-order valence-corrected chi connectivity index (χ4v) is 2.92. The summed E-state index contributed by atoms with van der Waals surface area (Å²) in [7, 11) is 0. The lowest BCUT2D eigenvalue weighted by Crippen LogP contribution is -2.02. The minimum Gasteiger partial charge on any atom is -0.384 e. The van der Waals surface area contributed by atoms with Crippen LogP contribution in [0.1, 0.15) is 17.2 Å². The number of benzene rings is 2. The third-order valence-corrected chi connectivity index (χ3v) is 3.94. The predicted octanol–water partition coefficient (Wildman–Crippen LogP) is 4.62. The van der Waals surface area contributed by atoms with Gasteiger partial charge in [-0.05, 0) is 29.1 Å². The van der Waals surface area contributed by atoms with Crippen LogP contribution in [-0.2, 0) is 0 Å². The molecule has 1 N–H and O–H groups in total. The molecule has 0 aliphatic carbocycles. The zero-order chi connectivity index (χ0) is 14.1. The second kappa shape index (κ2) is 5.41. The van der Waals surface area contributed by atoms with Crippen molar-refractivity contribution in [3.8, 4) is 0 Å². The normalized spacial score (nSPS) is 12.6. The summed E-state index contributed by atoms with van der Waals surface area (Å²) in [4.78, 5) is 4.09. The maximum absolute atomic E-state index is 10.7. The van der Waals surface area contributed by atoms with Gasteiger partial charge < -0.3 is 5.11 Å². The van der Waals surface area contributed by atoms with E-state index >= 15 is 0 Å². The predicted molar refractivity (Wildman–Crippen MR) is 82.3 cm³/mol. The number of hydrogen-bond donors (Lipinski definition) is 1. The van der Waals surface area contributed by atoms with Gasteiger partial charge in [-0.2, -0.15) is 0 Å². The Labute approximate surface area is 126 Å². The van der Waals surface area contributed by atoms with Crippen LogP contribution in [0, 0.1) is 0 Å². The molecule has 0 saturated carbocycles. The van der Waals surface area contributed by atoms with Crippen LogP contribution in [0.2, 0.25) is 10.0 Å². The smallest absolute Gasteiger partial charge is 0.108 e. The Balaban J connectivity index is 2.21. The molecule has 3 rings (SSSR count). The Bertz CT molecular complexity index is 748. The number of pyridine rings is 1. The molecule has 1 heterocycles. The lowest BCUT2D eigenvalue weighted by atomic mass is 9.97. The van der Waals surface area contributed by atoms with Crippen molar-refractivity contribution in [1.82, 2.24) is 4.98 Å². The van der Waals surface area contributed by atoms with Crippen LogP contribution in [0.3, 0.4) is 0 Å². The molecule has 4 heteroatoms. The maximum atomic E-state index is 10.7. The summed E-state index contributed by atoms with van der Waals surface area (Å²) in [5.41, 5.74) is 1.29. The van der Waals surface area contributed by atoms with E-state index in [9.17, 15) is 5.11 Å². The second-order valence-corrected chi connectivity index (χ2v) is 5.30. The number of nitrogens with zero attached hydrogens (tertiary/aromatic N) is 1. The largest absolute Gasteiger partial charge is 0.384 e. The molecule has 0 aliphatic rings. The summed E-state index contributed by atoms with van der Waals surface area (Å²) in [6.07, 6.45) is 2.59. The summed E-state index contributed by atoms with van der Waals surface area (Å²) in [6.45, 7) is 0. The SMILES string of the molecule is OC(c1c(Cl)cccc1Cl)c1cccc2cnccc12. The molecule has 1 unspecified atom stereocenters. The first kappa shape index (κ1) is 13.4. The van der Waals surface area contributed by atoms with Gasteiger partial charge in [-0.25, -0.2) is 0 Å². The zero-order valence-corrected chi connectivity index (χ0v) is 11.9. The first-order chi connectivity index (χ1) is 9.68. The summed E-state index contributed by atoms with van der Waals surface area (Å²) in [5.74, 6) is 0. The van der Waals surface area contributed by atoms with E-state index in [4.69, 9.17) is 23.2 Å². The van der Waals surface area contributed by atoms with Gasteiger partial charge in [0.1, 0.15) is 6.10 Å². The van der Waals surface area contributed by atoms with E-state index in [1.807, 2.05) is 24.3 Å². The molecule has 0 radical (unpaired) electrons. The highest BCUT2D eigenvalue weighted by atomic mass is 35.5. The summed E-state index contributed by atoms with van der Waals surface area (Å²) >= 11 is 12.3. The lowest BCUT2D eigenvalue weighted by molar-refractivity contribution is 0.222. The molecule has 3 aromatic rings. The number of aliphatic hydroxyl groups is 1. The van der Waals surface area contributed by atoms with Crippen LogP contribution in [0.15, 0.2) is 54.9 Å². The number of fused-ring (bicyclic) bond motifs is 1. The highest BCUT2D eigenvalue weighted by Crippen LogP contribution is 2.36. The molecular weight excluding hydrogens is 293 g/mol. The maximum Gasteiger partial charge on any atom is 0.108 e. The highest BCUT2D eigenvalue weighted by Gasteiger charge is 2.19.